The smallest absolute Gasteiger partial charge is 0.246 e. The summed E-state index contributed by atoms with van der Waals surface area (Å²) in [7, 11) is -3.92. The van der Waals surface area contributed by atoms with Gasteiger partial charge in [0.15, 0.2) is 0 Å². The van der Waals surface area contributed by atoms with E-state index in [0.29, 0.717) is 5.56 Å². The molecule has 1 aromatic carbocycles. The molecule has 112 valence electrons. The maximum absolute atomic E-state index is 13.8. The molecule has 0 radical (unpaired) electrons. The summed E-state index contributed by atoms with van der Waals surface area (Å²) in [5.74, 6) is -0.811. The molecular formula is C13H18FNO4S. The number of aliphatic hydroxyl groups excluding tert-OH is 1. The number of morpholine rings is 1. The van der Waals surface area contributed by atoms with E-state index in [1.807, 2.05) is 0 Å². The fourth-order valence-electron chi connectivity index (χ4n) is 2.31. The Bertz CT molecular complexity index is 580. The van der Waals surface area contributed by atoms with Crippen molar-refractivity contribution in [3.8, 4) is 0 Å². The Morgan fingerprint density at radius 3 is 2.50 bits per heavy atom. The molecule has 7 heteroatoms. The third kappa shape index (κ3) is 3.01. The number of hydrogen-bond donors (Lipinski definition) is 1. The van der Waals surface area contributed by atoms with E-state index >= 15 is 0 Å². The molecule has 2 unspecified atom stereocenters. The third-order valence-corrected chi connectivity index (χ3v) is 5.03. The van der Waals surface area contributed by atoms with Gasteiger partial charge in [-0.2, -0.15) is 4.31 Å². The monoisotopic (exact) mass is 303 g/mol. The number of halogens is 1. The average molecular weight is 303 g/mol. The minimum atomic E-state index is -3.92. The summed E-state index contributed by atoms with van der Waals surface area (Å²) in [4.78, 5) is -0.398. The van der Waals surface area contributed by atoms with Crippen molar-refractivity contribution in [2.24, 2.45) is 0 Å². The van der Waals surface area contributed by atoms with E-state index in [0.717, 1.165) is 6.07 Å². The van der Waals surface area contributed by atoms with Crippen molar-refractivity contribution in [2.45, 2.75) is 37.6 Å². The van der Waals surface area contributed by atoms with Gasteiger partial charge in [-0.1, -0.05) is 6.07 Å². The van der Waals surface area contributed by atoms with Gasteiger partial charge < -0.3 is 9.84 Å². The minimum Gasteiger partial charge on any atom is -0.392 e. The Labute approximate surface area is 118 Å². The average Bonchev–Trinajstić information content (AvgIpc) is 2.38. The summed E-state index contributed by atoms with van der Waals surface area (Å²) in [6.45, 7) is 3.60. The maximum Gasteiger partial charge on any atom is 0.246 e. The standard InChI is InChI=1S/C13H18FNO4S/c1-9-6-15(7-10(2)19-9)20(17,18)13-5-11(8-16)3-4-12(13)14/h3-5,9-10,16H,6-8H2,1-2H3. The first kappa shape index (κ1) is 15.4. The normalized spacial score (nSPS) is 24.8. The van der Waals surface area contributed by atoms with Crippen LogP contribution in [0.5, 0.6) is 0 Å². The summed E-state index contributed by atoms with van der Waals surface area (Å²) >= 11 is 0. The van der Waals surface area contributed by atoms with Crippen LogP contribution < -0.4 is 0 Å². The van der Waals surface area contributed by atoms with Crippen LogP contribution in [0, 0.1) is 5.82 Å². The van der Waals surface area contributed by atoms with E-state index < -0.39 is 20.7 Å². The quantitative estimate of drug-likeness (QED) is 0.908. The van der Waals surface area contributed by atoms with Gasteiger partial charge in [0.05, 0.1) is 18.8 Å². The molecule has 1 aliphatic heterocycles. The summed E-state index contributed by atoms with van der Waals surface area (Å²) in [5, 5.41) is 9.06. The summed E-state index contributed by atoms with van der Waals surface area (Å²) in [5.41, 5.74) is 0.360. The van der Waals surface area contributed by atoms with Crippen molar-refractivity contribution in [1.29, 1.82) is 0 Å². The first-order valence-corrected chi connectivity index (χ1v) is 7.83. The van der Waals surface area contributed by atoms with E-state index in [1.54, 1.807) is 13.8 Å². The largest absolute Gasteiger partial charge is 0.392 e. The zero-order chi connectivity index (χ0) is 14.9. The zero-order valence-corrected chi connectivity index (χ0v) is 12.2. The number of nitrogens with zero attached hydrogens (tertiary/aromatic N) is 1. The van der Waals surface area contributed by atoms with Gasteiger partial charge >= 0.3 is 0 Å². The molecule has 2 rings (SSSR count). The Morgan fingerprint density at radius 2 is 1.95 bits per heavy atom. The second kappa shape index (κ2) is 5.77. The highest BCUT2D eigenvalue weighted by Crippen LogP contribution is 2.24. The predicted molar refractivity (Wildman–Crippen MR) is 71.1 cm³/mol. The predicted octanol–water partition coefficient (Wildman–Crippen LogP) is 1.12. The Morgan fingerprint density at radius 1 is 1.35 bits per heavy atom. The van der Waals surface area contributed by atoms with Crippen LogP contribution in [0.2, 0.25) is 0 Å². The Balaban J connectivity index is 2.39. The topological polar surface area (TPSA) is 66.8 Å². The van der Waals surface area contributed by atoms with E-state index in [1.165, 1.54) is 16.4 Å². The second-order valence-corrected chi connectivity index (χ2v) is 6.91. The van der Waals surface area contributed by atoms with Gasteiger partial charge in [-0.25, -0.2) is 12.8 Å². The van der Waals surface area contributed by atoms with Gasteiger partial charge in [-0.05, 0) is 31.5 Å². The molecule has 0 bridgehead atoms. The van der Waals surface area contributed by atoms with E-state index in [-0.39, 0.29) is 31.9 Å². The molecule has 0 aliphatic carbocycles. The molecule has 1 fully saturated rings. The van der Waals surface area contributed by atoms with Gasteiger partial charge in [0, 0.05) is 13.1 Å². The zero-order valence-electron chi connectivity index (χ0n) is 11.4. The molecule has 0 amide bonds. The van der Waals surface area contributed by atoms with E-state index in [4.69, 9.17) is 9.84 Å². The SMILES string of the molecule is CC1CN(S(=O)(=O)c2cc(CO)ccc2F)CC(C)O1. The minimum absolute atomic E-state index is 0.190. The molecule has 1 aliphatic rings. The lowest BCUT2D eigenvalue weighted by Crippen LogP contribution is -2.48. The molecule has 1 N–H and O–H groups in total. The Kier molecular flexibility index (Phi) is 4.43. The van der Waals surface area contributed by atoms with Crippen molar-refractivity contribution in [1.82, 2.24) is 4.31 Å². The van der Waals surface area contributed by atoms with E-state index in [9.17, 15) is 12.8 Å². The highest BCUT2D eigenvalue weighted by atomic mass is 32.2. The van der Waals surface area contributed by atoms with Crippen LogP contribution in [0.15, 0.2) is 23.1 Å². The van der Waals surface area contributed by atoms with Gasteiger partial charge in [0.25, 0.3) is 0 Å². The van der Waals surface area contributed by atoms with Gasteiger partial charge in [-0.15, -0.1) is 0 Å². The van der Waals surface area contributed by atoms with Crippen LogP contribution in [0.4, 0.5) is 4.39 Å². The number of hydrogen-bond acceptors (Lipinski definition) is 4. The number of ether oxygens (including phenoxy) is 1. The fraction of sp³-hybridized carbons (Fsp3) is 0.538. The third-order valence-electron chi connectivity index (χ3n) is 3.18. The molecular weight excluding hydrogens is 285 g/mol. The lowest BCUT2D eigenvalue weighted by molar-refractivity contribution is -0.0441. The lowest BCUT2D eigenvalue weighted by atomic mass is 10.2. The summed E-state index contributed by atoms with van der Waals surface area (Å²) < 4.78 is 45.6. The summed E-state index contributed by atoms with van der Waals surface area (Å²) in [6.07, 6.45) is -0.477. The highest BCUT2D eigenvalue weighted by molar-refractivity contribution is 7.89. The van der Waals surface area contributed by atoms with Crippen molar-refractivity contribution < 1.29 is 22.7 Å². The molecule has 0 spiro atoms. The second-order valence-electron chi connectivity index (χ2n) is 5.00. The number of sulfonamides is 1. The van der Waals surface area contributed by atoms with Gasteiger partial charge in [-0.3, -0.25) is 0 Å². The molecule has 0 aromatic heterocycles. The van der Waals surface area contributed by atoms with E-state index in [2.05, 4.69) is 0 Å². The van der Waals surface area contributed by atoms with Crippen molar-refractivity contribution in [2.75, 3.05) is 13.1 Å². The van der Waals surface area contributed by atoms with Gasteiger partial charge in [0.2, 0.25) is 10.0 Å². The maximum atomic E-state index is 13.8. The fourth-order valence-corrected chi connectivity index (χ4v) is 4.02. The van der Waals surface area contributed by atoms with Crippen molar-refractivity contribution in [3.63, 3.8) is 0 Å². The Hall–Kier alpha value is -1.02. The van der Waals surface area contributed by atoms with Crippen molar-refractivity contribution in [3.05, 3.63) is 29.6 Å². The number of aliphatic hydroxyl groups is 1. The van der Waals surface area contributed by atoms with Crippen LogP contribution in [-0.2, 0) is 21.4 Å². The molecule has 1 heterocycles. The summed E-state index contributed by atoms with van der Waals surface area (Å²) in [6, 6.07) is 3.60. The van der Waals surface area contributed by atoms with Crippen LogP contribution in [-0.4, -0.2) is 43.1 Å². The molecule has 1 saturated heterocycles. The molecule has 5 nitrogen and oxygen atoms in total. The van der Waals surface area contributed by atoms with Crippen LogP contribution in [0.1, 0.15) is 19.4 Å². The van der Waals surface area contributed by atoms with Crippen molar-refractivity contribution >= 4 is 10.0 Å². The molecule has 20 heavy (non-hydrogen) atoms. The highest BCUT2D eigenvalue weighted by Gasteiger charge is 2.33. The molecule has 1 aromatic rings. The first-order chi connectivity index (χ1) is 9.34. The van der Waals surface area contributed by atoms with Crippen LogP contribution in [0.25, 0.3) is 0 Å². The molecule has 0 saturated carbocycles. The number of benzene rings is 1. The lowest BCUT2D eigenvalue weighted by Gasteiger charge is -2.34. The number of rotatable bonds is 3. The van der Waals surface area contributed by atoms with Crippen LogP contribution in [0.3, 0.4) is 0 Å². The van der Waals surface area contributed by atoms with Gasteiger partial charge in [0.1, 0.15) is 10.7 Å². The van der Waals surface area contributed by atoms with Crippen LogP contribution >= 0.6 is 0 Å². The first-order valence-electron chi connectivity index (χ1n) is 6.39. The molecule has 2 atom stereocenters.